The topological polar surface area (TPSA) is 61.8 Å². The van der Waals surface area contributed by atoms with Crippen molar-refractivity contribution in [3.8, 4) is 5.75 Å². The highest BCUT2D eigenvalue weighted by Crippen LogP contribution is 2.24. The zero-order valence-electron chi connectivity index (χ0n) is 9.72. The Hall–Kier alpha value is -1.75. The number of aliphatic hydroxyl groups excluding tert-OH is 1. The van der Waals surface area contributed by atoms with Crippen LogP contribution in [0.15, 0.2) is 24.3 Å². The van der Waals surface area contributed by atoms with Crippen molar-refractivity contribution in [2.75, 3.05) is 32.1 Å². The summed E-state index contributed by atoms with van der Waals surface area (Å²) in [7, 11) is 1.57. The Morgan fingerprint density at radius 2 is 2.24 bits per heavy atom. The van der Waals surface area contributed by atoms with Gasteiger partial charge in [-0.15, -0.1) is 0 Å². The van der Waals surface area contributed by atoms with Crippen LogP contribution >= 0.6 is 0 Å². The number of rotatable bonds is 3. The Morgan fingerprint density at radius 3 is 2.88 bits per heavy atom. The predicted octanol–water partition coefficient (Wildman–Crippen LogP) is 1.15. The number of amides is 2. The number of hydrogen-bond acceptors (Lipinski definition) is 3. The minimum absolute atomic E-state index is 0.137. The van der Waals surface area contributed by atoms with Gasteiger partial charge in [0.25, 0.3) is 0 Å². The van der Waals surface area contributed by atoms with Crippen molar-refractivity contribution < 1.29 is 14.6 Å². The molecule has 1 heterocycles. The van der Waals surface area contributed by atoms with E-state index >= 15 is 0 Å². The number of methoxy groups -OCH3 is 1. The Balaban J connectivity index is 1.95. The maximum Gasteiger partial charge on any atom is 0.321 e. The summed E-state index contributed by atoms with van der Waals surface area (Å²) in [6.07, 6.45) is 0. The fraction of sp³-hybridized carbons (Fsp3) is 0.417. The van der Waals surface area contributed by atoms with Crippen molar-refractivity contribution in [1.29, 1.82) is 0 Å². The largest absolute Gasteiger partial charge is 0.495 e. The molecular formula is C12H16N2O3. The van der Waals surface area contributed by atoms with E-state index in [2.05, 4.69) is 5.32 Å². The molecule has 5 nitrogen and oxygen atoms in total. The van der Waals surface area contributed by atoms with Crippen LogP contribution in [-0.2, 0) is 0 Å². The van der Waals surface area contributed by atoms with E-state index in [0.717, 1.165) is 0 Å². The number of nitrogens with one attached hydrogen (secondary N) is 1. The Labute approximate surface area is 100.0 Å². The summed E-state index contributed by atoms with van der Waals surface area (Å²) < 4.78 is 5.15. The van der Waals surface area contributed by atoms with Crippen LogP contribution in [0.2, 0.25) is 0 Å². The second kappa shape index (κ2) is 5.05. The molecule has 0 spiro atoms. The van der Waals surface area contributed by atoms with Gasteiger partial charge in [-0.05, 0) is 12.1 Å². The Bertz CT molecular complexity index is 402. The number of ether oxygens (including phenoxy) is 1. The molecule has 1 aliphatic rings. The third-order valence-electron chi connectivity index (χ3n) is 2.85. The predicted molar refractivity (Wildman–Crippen MR) is 64.2 cm³/mol. The van der Waals surface area contributed by atoms with Crippen LogP contribution in [0.25, 0.3) is 0 Å². The Kier molecular flexibility index (Phi) is 3.49. The van der Waals surface area contributed by atoms with E-state index < -0.39 is 0 Å². The van der Waals surface area contributed by atoms with Crippen LogP contribution in [-0.4, -0.2) is 42.8 Å². The van der Waals surface area contributed by atoms with Gasteiger partial charge in [-0.25, -0.2) is 4.79 Å². The molecule has 17 heavy (non-hydrogen) atoms. The van der Waals surface area contributed by atoms with E-state index in [4.69, 9.17) is 9.84 Å². The molecule has 92 valence electrons. The van der Waals surface area contributed by atoms with Crippen LogP contribution in [0.5, 0.6) is 5.75 Å². The molecule has 0 atom stereocenters. The lowest BCUT2D eigenvalue weighted by Gasteiger charge is -2.38. The fourth-order valence-electron chi connectivity index (χ4n) is 1.79. The van der Waals surface area contributed by atoms with Gasteiger partial charge in [0.05, 0.1) is 12.8 Å². The van der Waals surface area contributed by atoms with E-state index in [0.29, 0.717) is 24.5 Å². The number of anilines is 1. The SMILES string of the molecule is COc1ccccc1NC(=O)N1CC(CO)C1. The van der Waals surface area contributed by atoms with Crippen LogP contribution in [0.3, 0.4) is 0 Å². The molecule has 1 aromatic carbocycles. The molecule has 2 rings (SSSR count). The van der Waals surface area contributed by atoms with Gasteiger partial charge in [-0.3, -0.25) is 0 Å². The van der Waals surface area contributed by atoms with E-state index in [1.807, 2.05) is 12.1 Å². The molecule has 1 fully saturated rings. The lowest BCUT2D eigenvalue weighted by atomic mass is 10.0. The number of carbonyl (C=O) groups excluding carboxylic acids is 1. The molecule has 0 aromatic heterocycles. The van der Waals surface area contributed by atoms with Gasteiger partial charge in [0, 0.05) is 25.6 Å². The van der Waals surface area contributed by atoms with E-state index in [-0.39, 0.29) is 18.6 Å². The summed E-state index contributed by atoms with van der Waals surface area (Å²) in [4.78, 5) is 13.5. The number of carbonyl (C=O) groups is 1. The van der Waals surface area contributed by atoms with E-state index in [9.17, 15) is 4.79 Å². The number of aliphatic hydroxyl groups is 1. The first-order chi connectivity index (χ1) is 8.24. The average Bonchev–Trinajstić information content (AvgIpc) is 2.28. The molecule has 0 aliphatic carbocycles. The molecule has 0 radical (unpaired) electrons. The molecule has 1 aliphatic heterocycles. The zero-order chi connectivity index (χ0) is 12.3. The molecule has 0 saturated carbocycles. The molecule has 5 heteroatoms. The molecule has 0 bridgehead atoms. The molecular weight excluding hydrogens is 220 g/mol. The summed E-state index contributed by atoms with van der Waals surface area (Å²) in [5.74, 6) is 0.860. The molecule has 0 unspecified atom stereocenters. The molecule has 2 N–H and O–H groups in total. The van der Waals surface area contributed by atoms with Gasteiger partial charge in [0.2, 0.25) is 0 Å². The summed E-state index contributed by atoms with van der Waals surface area (Å²) in [6.45, 7) is 1.35. The van der Waals surface area contributed by atoms with E-state index in [1.54, 1.807) is 24.1 Å². The van der Waals surface area contributed by atoms with Crippen molar-refractivity contribution in [3.63, 3.8) is 0 Å². The van der Waals surface area contributed by atoms with Crippen molar-refractivity contribution in [2.24, 2.45) is 5.92 Å². The first-order valence-corrected chi connectivity index (χ1v) is 5.54. The summed E-state index contributed by atoms with van der Waals surface area (Å²) in [6, 6.07) is 7.12. The number of hydrogen-bond donors (Lipinski definition) is 2. The highest BCUT2D eigenvalue weighted by Gasteiger charge is 2.30. The molecule has 1 aromatic rings. The molecule has 2 amide bonds. The zero-order valence-corrected chi connectivity index (χ0v) is 9.72. The van der Waals surface area contributed by atoms with Crippen LogP contribution in [0.4, 0.5) is 10.5 Å². The van der Waals surface area contributed by atoms with Gasteiger partial charge < -0.3 is 20.1 Å². The fourth-order valence-corrected chi connectivity index (χ4v) is 1.79. The van der Waals surface area contributed by atoms with Gasteiger partial charge in [0.15, 0.2) is 0 Å². The highest BCUT2D eigenvalue weighted by atomic mass is 16.5. The third kappa shape index (κ3) is 2.50. The number of para-hydroxylation sites is 2. The normalized spacial score (nSPS) is 15.3. The van der Waals surface area contributed by atoms with Crippen molar-refractivity contribution in [3.05, 3.63) is 24.3 Å². The lowest BCUT2D eigenvalue weighted by molar-refractivity contribution is 0.0838. The van der Waals surface area contributed by atoms with Crippen LogP contribution in [0.1, 0.15) is 0 Å². The molecule has 1 saturated heterocycles. The quantitative estimate of drug-likeness (QED) is 0.827. The lowest BCUT2D eigenvalue weighted by Crippen LogP contribution is -2.52. The summed E-state index contributed by atoms with van der Waals surface area (Å²) in [5.41, 5.74) is 0.660. The minimum Gasteiger partial charge on any atom is -0.495 e. The monoisotopic (exact) mass is 236 g/mol. The van der Waals surface area contributed by atoms with Crippen LogP contribution in [0, 0.1) is 5.92 Å². The average molecular weight is 236 g/mol. The maximum atomic E-state index is 11.8. The van der Waals surface area contributed by atoms with Gasteiger partial charge in [-0.1, -0.05) is 12.1 Å². The Morgan fingerprint density at radius 1 is 1.53 bits per heavy atom. The van der Waals surface area contributed by atoms with Crippen molar-refractivity contribution in [2.45, 2.75) is 0 Å². The second-order valence-electron chi connectivity index (χ2n) is 4.08. The minimum atomic E-state index is -0.154. The number of urea groups is 1. The summed E-state index contributed by atoms with van der Waals surface area (Å²) in [5, 5.41) is 11.7. The second-order valence-corrected chi connectivity index (χ2v) is 4.08. The van der Waals surface area contributed by atoms with Gasteiger partial charge in [-0.2, -0.15) is 0 Å². The van der Waals surface area contributed by atoms with E-state index in [1.165, 1.54) is 0 Å². The van der Waals surface area contributed by atoms with Crippen molar-refractivity contribution in [1.82, 2.24) is 4.90 Å². The standard InChI is InChI=1S/C12H16N2O3/c1-17-11-5-3-2-4-10(11)13-12(16)14-6-9(7-14)8-15/h2-5,9,15H,6-8H2,1H3,(H,13,16). The maximum absolute atomic E-state index is 11.8. The number of benzene rings is 1. The van der Waals surface area contributed by atoms with Gasteiger partial charge >= 0.3 is 6.03 Å². The van der Waals surface area contributed by atoms with Crippen LogP contribution < -0.4 is 10.1 Å². The summed E-state index contributed by atoms with van der Waals surface area (Å²) >= 11 is 0. The number of likely N-dealkylation sites (tertiary alicyclic amines) is 1. The smallest absolute Gasteiger partial charge is 0.321 e. The first-order valence-electron chi connectivity index (χ1n) is 5.54. The third-order valence-corrected chi connectivity index (χ3v) is 2.85. The van der Waals surface area contributed by atoms with Gasteiger partial charge in [0.1, 0.15) is 5.75 Å². The number of nitrogens with zero attached hydrogens (tertiary/aromatic N) is 1. The highest BCUT2D eigenvalue weighted by molar-refractivity contribution is 5.91. The van der Waals surface area contributed by atoms with Crippen molar-refractivity contribution >= 4 is 11.7 Å². The first kappa shape index (κ1) is 11.7.